The fourth-order valence-electron chi connectivity index (χ4n) is 4.52. The summed E-state index contributed by atoms with van der Waals surface area (Å²) < 4.78 is 106. The minimum Gasteiger partial charge on any atom is -0.347 e. The number of amides is 2. The van der Waals surface area contributed by atoms with Crippen molar-refractivity contribution in [3.63, 3.8) is 0 Å². The first kappa shape index (κ1) is 27.9. The van der Waals surface area contributed by atoms with Crippen molar-refractivity contribution < 1.29 is 44.3 Å². The maximum absolute atomic E-state index is 14.7. The molecule has 2 atom stereocenters. The first-order valence-electron chi connectivity index (χ1n) is 11.7. The van der Waals surface area contributed by atoms with Crippen LogP contribution in [-0.4, -0.2) is 49.9 Å². The van der Waals surface area contributed by atoms with E-state index >= 15 is 0 Å². The van der Waals surface area contributed by atoms with Gasteiger partial charge in [0.25, 0.3) is 11.8 Å². The molecule has 38 heavy (non-hydrogen) atoms. The molecule has 1 saturated heterocycles. The van der Waals surface area contributed by atoms with Gasteiger partial charge < -0.3 is 10.2 Å². The molecule has 4 rings (SSSR count). The van der Waals surface area contributed by atoms with Crippen LogP contribution in [0.15, 0.2) is 47.4 Å². The summed E-state index contributed by atoms with van der Waals surface area (Å²) in [5.74, 6) is -6.65. The molecule has 0 spiro atoms. The van der Waals surface area contributed by atoms with Gasteiger partial charge in [0, 0.05) is 36.8 Å². The molecular formula is C25H24F6N2O4S. The van der Waals surface area contributed by atoms with Gasteiger partial charge in [-0.05, 0) is 49.1 Å². The number of hydrogen-bond acceptors (Lipinski definition) is 4. The van der Waals surface area contributed by atoms with Crippen LogP contribution in [0.3, 0.4) is 0 Å². The van der Waals surface area contributed by atoms with E-state index in [9.17, 15) is 44.3 Å². The van der Waals surface area contributed by atoms with Crippen LogP contribution in [0.1, 0.15) is 53.2 Å². The number of carbonyl (C=O) groups excluding carboxylic acids is 2. The number of nitrogens with zero attached hydrogens (tertiary/aromatic N) is 1. The van der Waals surface area contributed by atoms with E-state index in [1.807, 2.05) is 0 Å². The zero-order chi connectivity index (χ0) is 28.0. The summed E-state index contributed by atoms with van der Waals surface area (Å²) in [4.78, 5) is 27.3. The molecule has 2 aromatic rings. The third-order valence-corrected chi connectivity index (χ3v) is 7.82. The number of benzene rings is 2. The third-order valence-electron chi connectivity index (χ3n) is 6.71. The molecule has 1 heterocycles. The quantitative estimate of drug-likeness (QED) is 0.515. The van der Waals surface area contributed by atoms with Gasteiger partial charge in [0.05, 0.1) is 16.5 Å². The van der Waals surface area contributed by atoms with Crippen molar-refractivity contribution in [2.24, 2.45) is 5.92 Å². The highest BCUT2D eigenvalue weighted by atomic mass is 32.2. The number of sulfone groups is 1. The minimum atomic E-state index is -4.78. The van der Waals surface area contributed by atoms with E-state index in [1.54, 1.807) is 0 Å². The minimum absolute atomic E-state index is 0.122. The van der Waals surface area contributed by atoms with Gasteiger partial charge in [0.2, 0.25) is 5.91 Å². The highest BCUT2D eigenvalue weighted by Gasteiger charge is 2.47. The van der Waals surface area contributed by atoms with Crippen molar-refractivity contribution in [3.05, 3.63) is 65.0 Å². The Morgan fingerprint density at radius 2 is 1.79 bits per heavy atom. The highest BCUT2D eigenvalue weighted by Crippen LogP contribution is 2.43. The summed E-state index contributed by atoms with van der Waals surface area (Å²) in [6.07, 6.45) is -4.52. The molecule has 0 aromatic heterocycles. The lowest BCUT2D eigenvalue weighted by molar-refractivity contribution is -0.138. The van der Waals surface area contributed by atoms with Crippen LogP contribution in [0.5, 0.6) is 0 Å². The molecule has 6 nitrogen and oxygen atoms in total. The van der Waals surface area contributed by atoms with Crippen molar-refractivity contribution >= 4 is 21.7 Å². The summed E-state index contributed by atoms with van der Waals surface area (Å²) in [7, 11) is -3.68. The summed E-state index contributed by atoms with van der Waals surface area (Å²) in [6.45, 7) is -0.504. The van der Waals surface area contributed by atoms with Gasteiger partial charge in [-0.25, -0.2) is 21.6 Å². The van der Waals surface area contributed by atoms with Crippen LogP contribution in [0.2, 0.25) is 0 Å². The Morgan fingerprint density at radius 3 is 2.37 bits per heavy atom. The van der Waals surface area contributed by atoms with Gasteiger partial charge >= 0.3 is 6.18 Å². The molecule has 1 aliphatic heterocycles. The number of hydrogen-bond donors (Lipinski definition) is 1. The lowest BCUT2D eigenvalue weighted by atomic mass is 9.95. The van der Waals surface area contributed by atoms with Crippen molar-refractivity contribution in [1.82, 2.24) is 10.2 Å². The first-order valence-corrected chi connectivity index (χ1v) is 13.6. The van der Waals surface area contributed by atoms with Gasteiger partial charge in [-0.3, -0.25) is 9.59 Å². The van der Waals surface area contributed by atoms with Crippen LogP contribution in [0.25, 0.3) is 0 Å². The van der Waals surface area contributed by atoms with Gasteiger partial charge in [-0.1, -0.05) is 12.1 Å². The fraction of sp³-hybridized carbons (Fsp3) is 0.440. The maximum Gasteiger partial charge on any atom is 0.416 e. The Labute approximate surface area is 214 Å². The number of halogens is 6. The molecule has 206 valence electrons. The van der Waals surface area contributed by atoms with Crippen LogP contribution in [-0.2, 0) is 20.8 Å². The second-order valence-electron chi connectivity index (χ2n) is 9.68. The Bertz CT molecular complexity index is 1360. The van der Waals surface area contributed by atoms with Crippen LogP contribution in [0, 0.1) is 11.7 Å². The van der Waals surface area contributed by atoms with Crippen molar-refractivity contribution in [3.8, 4) is 0 Å². The molecule has 2 aliphatic rings. The van der Waals surface area contributed by atoms with Crippen LogP contribution >= 0.6 is 0 Å². The number of likely N-dealkylation sites (tertiary alicyclic amines) is 1. The van der Waals surface area contributed by atoms with Gasteiger partial charge in [0.1, 0.15) is 11.9 Å². The van der Waals surface area contributed by atoms with E-state index in [1.165, 1.54) is 18.2 Å². The Morgan fingerprint density at radius 1 is 1.11 bits per heavy atom. The predicted molar refractivity (Wildman–Crippen MR) is 124 cm³/mol. The van der Waals surface area contributed by atoms with Crippen molar-refractivity contribution in [2.45, 2.75) is 54.8 Å². The number of piperidine rings is 1. The fourth-order valence-corrected chi connectivity index (χ4v) is 5.19. The monoisotopic (exact) mass is 562 g/mol. The van der Waals surface area contributed by atoms with E-state index in [2.05, 4.69) is 5.32 Å². The van der Waals surface area contributed by atoms with E-state index in [0.29, 0.717) is 25.0 Å². The first-order chi connectivity index (χ1) is 17.6. The molecule has 2 aromatic carbocycles. The molecule has 13 heteroatoms. The molecule has 1 unspecified atom stereocenters. The van der Waals surface area contributed by atoms with E-state index in [-0.39, 0.29) is 21.9 Å². The SMILES string of the molecule is CS(=O)(=O)c1cccc(C(=O)N2CCC(F)(F)C[C@H]2C(=O)NC(c2ccc(C(F)(F)F)cc2F)C2CC2)c1. The number of rotatable bonds is 6. The number of carbonyl (C=O) groups is 2. The van der Waals surface area contributed by atoms with Gasteiger partial charge in [-0.15, -0.1) is 0 Å². The highest BCUT2D eigenvalue weighted by molar-refractivity contribution is 7.90. The second kappa shape index (κ2) is 9.90. The molecule has 2 fully saturated rings. The second-order valence-corrected chi connectivity index (χ2v) is 11.7. The third kappa shape index (κ3) is 6.13. The lowest BCUT2D eigenvalue weighted by Crippen LogP contribution is -2.56. The smallest absolute Gasteiger partial charge is 0.347 e. The van der Waals surface area contributed by atoms with Crippen LogP contribution < -0.4 is 5.32 Å². The van der Waals surface area contributed by atoms with E-state index < -0.39 is 76.6 Å². The average Bonchev–Trinajstić information content (AvgIpc) is 3.66. The van der Waals surface area contributed by atoms with Gasteiger partial charge in [-0.2, -0.15) is 13.2 Å². The average molecular weight is 563 g/mol. The topological polar surface area (TPSA) is 83.6 Å². The molecule has 1 N–H and O–H groups in total. The molecule has 2 amide bonds. The van der Waals surface area contributed by atoms with Crippen LogP contribution in [0.4, 0.5) is 26.3 Å². The molecular weight excluding hydrogens is 538 g/mol. The molecule has 0 radical (unpaired) electrons. The molecule has 1 aliphatic carbocycles. The van der Waals surface area contributed by atoms with Crippen molar-refractivity contribution in [1.29, 1.82) is 0 Å². The zero-order valence-corrected chi connectivity index (χ0v) is 20.9. The summed E-state index contributed by atoms with van der Waals surface area (Å²) in [5.41, 5.74) is -1.54. The number of nitrogens with one attached hydrogen (secondary N) is 1. The maximum atomic E-state index is 14.7. The Balaban J connectivity index is 1.62. The van der Waals surface area contributed by atoms with Gasteiger partial charge in [0.15, 0.2) is 9.84 Å². The van der Waals surface area contributed by atoms with E-state index in [4.69, 9.17) is 0 Å². The standard InChI is InChI=1S/C25H24F6N2O4S/c1-38(36,37)17-4-2-3-15(11-17)23(35)33-10-9-24(27,28)13-20(33)22(34)32-21(14-5-6-14)18-8-7-16(12-19(18)26)25(29,30)31/h2-4,7-8,11-12,14,20-21H,5-6,9-10,13H2,1H3,(H,32,34)/t20-,21?/m0/s1. The summed E-state index contributed by atoms with van der Waals surface area (Å²) >= 11 is 0. The number of alkyl halides is 5. The van der Waals surface area contributed by atoms with Crippen molar-refractivity contribution in [2.75, 3.05) is 12.8 Å². The Hall–Kier alpha value is -3.09. The zero-order valence-electron chi connectivity index (χ0n) is 20.1. The predicted octanol–water partition coefficient (Wildman–Crippen LogP) is 4.76. The summed E-state index contributed by atoms with van der Waals surface area (Å²) in [5, 5.41) is 2.49. The molecule has 1 saturated carbocycles. The largest absolute Gasteiger partial charge is 0.416 e. The molecule has 0 bridgehead atoms. The normalized spacial score (nSPS) is 20.6. The Kier molecular flexibility index (Phi) is 7.28. The lowest BCUT2D eigenvalue weighted by Gasteiger charge is -2.39. The summed E-state index contributed by atoms with van der Waals surface area (Å²) in [6, 6.07) is 4.12. The van der Waals surface area contributed by atoms with E-state index in [0.717, 1.165) is 23.3 Å².